The number of ether oxygens (including phenoxy) is 1. The molecule has 7 nitrogen and oxygen atoms in total. The van der Waals surface area contributed by atoms with Crippen LogP contribution < -0.4 is 10.6 Å². The molecule has 0 bridgehead atoms. The zero-order chi connectivity index (χ0) is 20.5. The molecule has 1 aromatic carbocycles. The van der Waals surface area contributed by atoms with Gasteiger partial charge in [-0.3, -0.25) is 19.3 Å². The Bertz CT molecular complexity index is 665. The molecule has 0 saturated carbocycles. The number of anilines is 2. The van der Waals surface area contributed by atoms with Gasteiger partial charge in [-0.2, -0.15) is 0 Å². The lowest BCUT2D eigenvalue weighted by atomic mass is 9.97. The molecule has 7 heteroatoms. The first-order chi connectivity index (χ1) is 13.4. The smallest absolute Gasteiger partial charge is 0.309 e. The van der Waals surface area contributed by atoms with Crippen molar-refractivity contribution in [2.45, 2.75) is 40.0 Å². The van der Waals surface area contributed by atoms with Crippen molar-refractivity contribution in [2.24, 2.45) is 11.8 Å². The third-order valence-electron chi connectivity index (χ3n) is 4.62. The van der Waals surface area contributed by atoms with E-state index in [2.05, 4.69) is 10.6 Å². The molecule has 1 heterocycles. The van der Waals surface area contributed by atoms with Crippen LogP contribution in [0.2, 0.25) is 0 Å². The van der Waals surface area contributed by atoms with E-state index in [1.807, 2.05) is 25.7 Å². The van der Waals surface area contributed by atoms with Crippen LogP contribution in [-0.2, 0) is 19.1 Å². The van der Waals surface area contributed by atoms with Crippen LogP contribution in [0.4, 0.5) is 11.4 Å². The number of nitrogens with zero attached hydrogens (tertiary/aromatic N) is 1. The Labute approximate surface area is 166 Å². The summed E-state index contributed by atoms with van der Waals surface area (Å²) in [5.41, 5.74) is 1.40. The minimum absolute atomic E-state index is 0.0157. The number of piperidine rings is 1. The molecule has 0 radical (unpaired) electrons. The molecule has 1 aliphatic rings. The molecule has 1 saturated heterocycles. The Balaban J connectivity index is 1.74. The minimum Gasteiger partial charge on any atom is -0.466 e. The molecule has 0 aromatic heterocycles. The van der Waals surface area contributed by atoms with Crippen molar-refractivity contribution in [2.75, 3.05) is 36.9 Å². The lowest BCUT2D eigenvalue weighted by molar-refractivity contribution is -0.149. The van der Waals surface area contributed by atoms with E-state index >= 15 is 0 Å². The fraction of sp³-hybridized carbons (Fsp3) is 0.571. The summed E-state index contributed by atoms with van der Waals surface area (Å²) in [6.45, 7) is 7.91. The Morgan fingerprint density at radius 2 is 1.57 bits per heavy atom. The van der Waals surface area contributed by atoms with E-state index in [1.54, 1.807) is 24.3 Å². The third-order valence-corrected chi connectivity index (χ3v) is 4.62. The van der Waals surface area contributed by atoms with Crippen molar-refractivity contribution in [3.8, 4) is 0 Å². The standard InChI is InChI=1S/C21H31N3O4/c1-4-28-21(27)16-9-11-24(12-10-16)14-20(26)23-18-7-5-17(6-8-18)22-19(25)13-15(2)3/h5-8,15-16H,4,9-14H2,1-3H3,(H,22,25)(H,23,26). The highest BCUT2D eigenvalue weighted by Gasteiger charge is 2.26. The Morgan fingerprint density at radius 1 is 1.04 bits per heavy atom. The maximum Gasteiger partial charge on any atom is 0.309 e. The van der Waals surface area contributed by atoms with Crippen LogP contribution in [0.25, 0.3) is 0 Å². The number of amides is 2. The topological polar surface area (TPSA) is 87.7 Å². The van der Waals surface area contributed by atoms with Crippen LogP contribution in [0.15, 0.2) is 24.3 Å². The molecule has 2 N–H and O–H groups in total. The van der Waals surface area contributed by atoms with Gasteiger partial charge in [-0.25, -0.2) is 0 Å². The van der Waals surface area contributed by atoms with Gasteiger partial charge in [-0.1, -0.05) is 13.8 Å². The summed E-state index contributed by atoms with van der Waals surface area (Å²) in [6.07, 6.45) is 1.92. The highest BCUT2D eigenvalue weighted by atomic mass is 16.5. The van der Waals surface area contributed by atoms with Crippen molar-refractivity contribution in [3.63, 3.8) is 0 Å². The number of carbonyl (C=O) groups excluding carboxylic acids is 3. The normalized spacial score (nSPS) is 15.3. The maximum atomic E-state index is 12.3. The molecule has 28 heavy (non-hydrogen) atoms. The summed E-state index contributed by atoms with van der Waals surface area (Å²) in [6, 6.07) is 7.10. The largest absolute Gasteiger partial charge is 0.466 e. The van der Waals surface area contributed by atoms with Crippen molar-refractivity contribution in [1.29, 1.82) is 0 Å². The molecule has 2 rings (SSSR count). The van der Waals surface area contributed by atoms with Crippen LogP contribution in [0, 0.1) is 11.8 Å². The van der Waals surface area contributed by atoms with Gasteiger partial charge in [-0.15, -0.1) is 0 Å². The molecule has 0 unspecified atom stereocenters. The van der Waals surface area contributed by atoms with Crippen molar-refractivity contribution in [1.82, 2.24) is 4.90 Å². The van der Waals surface area contributed by atoms with Crippen LogP contribution >= 0.6 is 0 Å². The molecule has 1 aromatic rings. The second-order valence-electron chi connectivity index (χ2n) is 7.57. The molecule has 0 atom stereocenters. The zero-order valence-corrected chi connectivity index (χ0v) is 17.0. The molecule has 2 amide bonds. The minimum atomic E-state index is -0.132. The average Bonchev–Trinajstić information content (AvgIpc) is 2.63. The lowest BCUT2D eigenvalue weighted by Gasteiger charge is -2.30. The number of hydrogen-bond acceptors (Lipinski definition) is 5. The number of benzene rings is 1. The SMILES string of the molecule is CCOC(=O)C1CCN(CC(=O)Nc2ccc(NC(=O)CC(C)C)cc2)CC1. The van der Waals surface area contributed by atoms with E-state index in [0.717, 1.165) is 12.8 Å². The molecule has 1 fully saturated rings. The van der Waals surface area contributed by atoms with Crippen LogP contribution in [0.5, 0.6) is 0 Å². The summed E-state index contributed by atoms with van der Waals surface area (Å²) in [7, 11) is 0. The van der Waals surface area contributed by atoms with Gasteiger partial charge in [0.15, 0.2) is 0 Å². The Kier molecular flexibility index (Phi) is 8.44. The Morgan fingerprint density at radius 3 is 2.07 bits per heavy atom. The number of rotatable bonds is 8. The van der Waals surface area contributed by atoms with Crippen molar-refractivity contribution in [3.05, 3.63) is 24.3 Å². The van der Waals surface area contributed by atoms with Gasteiger partial charge in [0, 0.05) is 17.8 Å². The highest BCUT2D eigenvalue weighted by molar-refractivity contribution is 5.93. The maximum absolute atomic E-state index is 12.3. The number of esters is 1. The average molecular weight is 389 g/mol. The van der Waals surface area contributed by atoms with E-state index in [9.17, 15) is 14.4 Å². The molecule has 0 spiro atoms. The van der Waals surface area contributed by atoms with Gasteiger partial charge in [0.1, 0.15) is 0 Å². The number of likely N-dealkylation sites (tertiary alicyclic amines) is 1. The predicted molar refractivity (Wildman–Crippen MR) is 109 cm³/mol. The molecular formula is C21H31N3O4. The second-order valence-corrected chi connectivity index (χ2v) is 7.57. The molecule has 154 valence electrons. The highest BCUT2D eigenvalue weighted by Crippen LogP contribution is 2.19. The second kappa shape index (κ2) is 10.8. The predicted octanol–water partition coefficient (Wildman–Crippen LogP) is 2.88. The third kappa shape index (κ3) is 7.31. The van der Waals surface area contributed by atoms with Crippen molar-refractivity contribution < 1.29 is 19.1 Å². The fourth-order valence-electron chi connectivity index (χ4n) is 3.21. The van der Waals surface area contributed by atoms with E-state index in [1.165, 1.54) is 0 Å². The van der Waals surface area contributed by atoms with Gasteiger partial charge in [0.2, 0.25) is 11.8 Å². The summed E-state index contributed by atoms with van der Waals surface area (Å²) >= 11 is 0. The number of nitrogens with one attached hydrogen (secondary N) is 2. The summed E-state index contributed by atoms with van der Waals surface area (Å²) in [4.78, 5) is 37.9. The molecular weight excluding hydrogens is 358 g/mol. The monoisotopic (exact) mass is 389 g/mol. The van der Waals surface area contributed by atoms with Gasteiger partial charge < -0.3 is 15.4 Å². The quantitative estimate of drug-likeness (QED) is 0.668. The summed E-state index contributed by atoms with van der Waals surface area (Å²) < 4.78 is 5.07. The first-order valence-electron chi connectivity index (χ1n) is 9.96. The summed E-state index contributed by atoms with van der Waals surface area (Å²) in [5, 5.41) is 5.72. The Hall–Kier alpha value is -2.41. The van der Waals surface area contributed by atoms with E-state index in [0.29, 0.717) is 50.0 Å². The van der Waals surface area contributed by atoms with Crippen LogP contribution in [-0.4, -0.2) is 48.9 Å². The van der Waals surface area contributed by atoms with E-state index < -0.39 is 0 Å². The van der Waals surface area contributed by atoms with Gasteiger partial charge in [0.05, 0.1) is 19.1 Å². The van der Waals surface area contributed by atoms with Gasteiger partial charge in [-0.05, 0) is 63.0 Å². The van der Waals surface area contributed by atoms with Crippen molar-refractivity contribution >= 4 is 29.2 Å². The lowest BCUT2D eigenvalue weighted by Crippen LogP contribution is -2.41. The first-order valence-corrected chi connectivity index (χ1v) is 9.96. The van der Waals surface area contributed by atoms with Gasteiger partial charge >= 0.3 is 5.97 Å². The first kappa shape index (κ1) is 21.9. The molecule has 0 aliphatic carbocycles. The van der Waals surface area contributed by atoms with E-state index in [-0.39, 0.29) is 23.7 Å². The van der Waals surface area contributed by atoms with Crippen LogP contribution in [0.3, 0.4) is 0 Å². The molecule has 1 aliphatic heterocycles. The zero-order valence-electron chi connectivity index (χ0n) is 17.0. The van der Waals surface area contributed by atoms with Gasteiger partial charge in [0.25, 0.3) is 0 Å². The summed E-state index contributed by atoms with van der Waals surface area (Å²) in [5.74, 6) is 0.00925. The fourth-order valence-corrected chi connectivity index (χ4v) is 3.21. The number of hydrogen-bond donors (Lipinski definition) is 2. The number of carbonyl (C=O) groups is 3. The van der Waals surface area contributed by atoms with E-state index in [4.69, 9.17) is 4.74 Å². The van der Waals surface area contributed by atoms with Crippen LogP contribution in [0.1, 0.15) is 40.0 Å².